The van der Waals surface area contributed by atoms with Crippen LogP contribution in [0, 0.1) is 0 Å². The number of hydrogen-bond donors (Lipinski definition) is 1. The number of nitrogens with zero attached hydrogens (tertiary/aromatic N) is 5. The van der Waals surface area contributed by atoms with Crippen molar-refractivity contribution in [3.05, 3.63) is 101 Å². The van der Waals surface area contributed by atoms with Gasteiger partial charge in [-0.05, 0) is 60.3 Å². The molecular formula is C28H26IN5O4. The second-order valence-corrected chi connectivity index (χ2v) is 9.26. The van der Waals surface area contributed by atoms with Crippen LogP contribution in [0.2, 0.25) is 0 Å². The molecular weight excluding hydrogens is 597 g/mol. The Morgan fingerprint density at radius 2 is 1.82 bits per heavy atom. The first-order valence-corrected chi connectivity index (χ1v) is 13.4. The Hall–Kier alpha value is -3.86. The fourth-order valence-electron chi connectivity index (χ4n) is 3.91. The summed E-state index contributed by atoms with van der Waals surface area (Å²) >= 11 is 2.30. The molecule has 38 heavy (non-hydrogen) atoms. The summed E-state index contributed by atoms with van der Waals surface area (Å²) < 4.78 is 13.0. The van der Waals surface area contributed by atoms with Crippen molar-refractivity contribution in [3.8, 4) is 33.8 Å². The van der Waals surface area contributed by atoms with Crippen LogP contribution in [0.4, 0.5) is 0 Å². The Morgan fingerprint density at radius 1 is 1.08 bits per heavy atom. The predicted octanol–water partition coefficient (Wildman–Crippen LogP) is 6.56. The fraction of sp³-hybridized carbons (Fsp3) is 0.214. The molecule has 10 heteroatoms. The maximum Gasteiger partial charge on any atom is 0.344 e. The van der Waals surface area contributed by atoms with E-state index in [9.17, 15) is 9.90 Å². The first kappa shape index (κ1) is 27.2. The van der Waals surface area contributed by atoms with Crippen molar-refractivity contribution in [2.75, 3.05) is 13.2 Å². The summed E-state index contributed by atoms with van der Waals surface area (Å²) in [7, 11) is 0. The summed E-state index contributed by atoms with van der Waals surface area (Å²) in [5.41, 5.74) is 12.8. The van der Waals surface area contributed by atoms with Crippen LogP contribution in [0.25, 0.3) is 38.5 Å². The number of azide groups is 1. The van der Waals surface area contributed by atoms with Gasteiger partial charge in [-0.1, -0.05) is 82.3 Å². The van der Waals surface area contributed by atoms with E-state index in [4.69, 9.17) is 15.0 Å². The van der Waals surface area contributed by atoms with Crippen molar-refractivity contribution in [1.29, 1.82) is 0 Å². The monoisotopic (exact) mass is 623 g/mol. The molecule has 0 aliphatic carbocycles. The summed E-state index contributed by atoms with van der Waals surface area (Å²) in [5, 5.41) is 18.9. The zero-order chi connectivity index (χ0) is 27.1. The third kappa shape index (κ3) is 6.16. The van der Waals surface area contributed by atoms with Gasteiger partial charge in [0, 0.05) is 14.9 Å². The normalized spacial score (nSPS) is 12.3. The van der Waals surface area contributed by atoms with Crippen molar-refractivity contribution in [1.82, 2.24) is 9.78 Å². The number of aliphatic hydroxyl groups is 1. The number of hydrogen-bond acceptors (Lipinski definition) is 6. The maximum atomic E-state index is 11.6. The zero-order valence-electron chi connectivity index (χ0n) is 20.9. The van der Waals surface area contributed by atoms with E-state index in [0.29, 0.717) is 12.4 Å². The lowest BCUT2D eigenvalue weighted by atomic mass is 10.0. The second kappa shape index (κ2) is 12.1. The number of rotatable bonds is 10. The third-order valence-corrected chi connectivity index (χ3v) is 6.63. The van der Waals surface area contributed by atoms with E-state index in [1.165, 1.54) is 6.92 Å². The summed E-state index contributed by atoms with van der Waals surface area (Å²) in [6.07, 6.45) is 0. The molecule has 4 aromatic rings. The van der Waals surface area contributed by atoms with E-state index in [2.05, 4.69) is 37.7 Å². The van der Waals surface area contributed by atoms with Crippen LogP contribution in [0.5, 0.6) is 5.75 Å². The number of esters is 1. The van der Waals surface area contributed by atoms with E-state index in [0.717, 1.165) is 38.1 Å². The van der Waals surface area contributed by atoms with E-state index in [-0.39, 0.29) is 12.3 Å². The van der Waals surface area contributed by atoms with Gasteiger partial charge in [-0.3, -0.25) is 0 Å². The molecule has 0 amide bonds. The van der Waals surface area contributed by atoms with Crippen LogP contribution < -0.4 is 4.74 Å². The van der Waals surface area contributed by atoms with Gasteiger partial charge in [0.1, 0.15) is 11.4 Å². The third-order valence-electron chi connectivity index (χ3n) is 5.81. The minimum atomic E-state index is -1.81. The highest BCUT2D eigenvalue weighted by molar-refractivity contribution is 14.1. The number of benzene rings is 3. The van der Waals surface area contributed by atoms with Crippen molar-refractivity contribution in [2.45, 2.75) is 24.0 Å². The number of halogens is 1. The molecule has 0 saturated carbocycles. The second-order valence-electron chi connectivity index (χ2n) is 8.50. The molecule has 1 aromatic heterocycles. The van der Waals surface area contributed by atoms with Crippen LogP contribution in [0.15, 0.2) is 84.0 Å². The minimum absolute atomic E-state index is 0.152. The average molecular weight is 623 g/mol. The largest absolute Gasteiger partial charge is 0.482 e. The SMILES string of the molecule is CCOC(=O)COc1cccc(-c2ccc(-c3cc(C(C)(O)N=[N+]=[N-])nn3-c3ccccc3CI)cc2)c1. The van der Waals surface area contributed by atoms with Gasteiger partial charge < -0.3 is 14.6 Å². The highest BCUT2D eigenvalue weighted by Crippen LogP contribution is 2.33. The zero-order valence-corrected chi connectivity index (χ0v) is 23.1. The summed E-state index contributed by atoms with van der Waals surface area (Å²) in [6.45, 7) is 3.32. The Balaban J connectivity index is 1.70. The quantitative estimate of drug-likeness (QED) is 0.0536. The molecule has 1 unspecified atom stereocenters. The van der Waals surface area contributed by atoms with E-state index in [1.807, 2.05) is 66.7 Å². The minimum Gasteiger partial charge on any atom is -0.482 e. The van der Waals surface area contributed by atoms with E-state index in [1.54, 1.807) is 23.7 Å². The van der Waals surface area contributed by atoms with E-state index < -0.39 is 11.7 Å². The lowest BCUT2D eigenvalue weighted by Crippen LogP contribution is -2.18. The van der Waals surface area contributed by atoms with Crippen molar-refractivity contribution in [3.63, 3.8) is 0 Å². The Labute approximate surface area is 233 Å². The highest BCUT2D eigenvalue weighted by Gasteiger charge is 2.27. The Bertz CT molecular complexity index is 1480. The molecule has 0 saturated heterocycles. The first-order chi connectivity index (χ1) is 18.4. The van der Waals surface area contributed by atoms with Crippen LogP contribution in [0.3, 0.4) is 0 Å². The van der Waals surface area contributed by atoms with Crippen molar-refractivity contribution >= 4 is 28.6 Å². The molecule has 0 aliphatic heterocycles. The summed E-state index contributed by atoms with van der Waals surface area (Å²) in [4.78, 5) is 14.4. The van der Waals surface area contributed by atoms with Crippen molar-refractivity contribution < 1.29 is 19.4 Å². The molecule has 9 nitrogen and oxygen atoms in total. The van der Waals surface area contributed by atoms with Crippen LogP contribution in [-0.4, -0.2) is 34.1 Å². The smallest absolute Gasteiger partial charge is 0.344 e. The molecule has 0 fully saturated rings. The average Bonchev–Trinajstić information content (AvgIpc) is 3.39. The molecule has 3 aromatic carbocycles. The van der Waals surface area contributed by atoms with Crippen LogP contribution >= 0.6 is 22.6 Å². The standard InChI is InChI=1S/C28H26IN5O4/c1-3-37-27(35)18-38-23-9-6-8-21(15-23)19-11-13-20(14-12-19)25-16-26(28(2,36)32-33-30)31-34(25)24-10-5-4-7-22(24)17-29/h4-16,36H,3,17-18H2,1-2H3. The van der Waals surface area contributed by atoms with Gasteiger partial charge in [-0.15, -0.1) is 0 Å². The maximum absolute atomic E-state index is 11.6. The number of carbonyl (C=O) groups is 1. The Kier molecular flexibility index (Phi) is 8.67. The lowest BCUT2D eigenvalue weighted by molar-refractivity contribution is -0.145. The van der Waals surface area contributed by atoms with Gasteiger partial charge in [0.15, 0.2) is 12.3 Å². The molecule has 1 N–H and O–H groups in total. The molecule has 4 rings (SSSR count). The summed E-state index contributed by atoms with van der Waals surface area (Å²) in [6, 6.07) is 25.0. The van der Waals surface area contributed by atoms with Gasteiger partial charge in [-0.2, -0.15) is 5.10 Å². The van der Waals surface area contributed by atoms with Gasteiger partial charge in [0.2, 0.25) is 0 Å². The number of alkyl halides is 1. The van der Waals surface area contributed by atoms with Crippen LogP contribution in [0.1, 0.15) is 25.1 Å². The molecule has 194 valence electrons. The number of carbonyl (C=O) groups excluding carboxylic acids is 1. The lowest BCUT2D eigenvalue weighted by Gasteiger charge is -2.13. The van der Waals surface area contributed by atoms with Crippen LogP contribution in [-0.2, 0) is 19.7 Å². The summed E-state index contributed by atoms with van der Waals surface area (Å²) in [5.74, 6) is 0.153. The fourth-order valence-corrected chi connectivity index (χ4v) is 4.56. The van der Waals surface area contributed by atoms with Crippen molar-refractivity contribution in [2.24, 2.45) is 5.11 Å². The molecule has 0 aliphatic rings. The highest BCUT2D eigenvalue weighted by atomic mass is 127. The Morgan fingerprint density at radius 3 is 2.53 bits per heavy atom. The van der Waals surface area contributed by atoms with Gasteiger partial charge in [-0.25, -0.2) is 9.48 Å². The first-order valence-electron chi connectivity index (χ1n) is 11.9. The van der Waals surface area contributed by atoms with Gasteiger partial charge in [0.25, 0.3) is 0 Å². The molecule has 0 radical (unpaired) electrons. The number of para-hydroxylation sites is 1. The number of ether oxygens (including phenoxy) is 2. The predicted molar refractivity (Wildman–Crippen MR) is 153 cm³/mol. The molecule has 1 heterocycles. The van der Waals surface area contributed by atoms with Gasteiger partial charge >= 0.3 is 5.97 Å². The van der Waals surface area contributed by atoms with E-state index >= 15 is 0 Å². The molecule has 1 atom stereocenters. The molecule has 0 bridgehead atoms. The number of aromatic nitrogens is 2. The molecule has 0 spiro atoms. The van der Waals surface area contributed by atoms with Gasteiger partial charge in [0.05, 0.1) is 18.0 Å². The topological polar surface area (TPSA) is 122 Å².